The third kappa shape index (κ3) is 5.87. The minimum absolute atomic E-state index is 0.0458. The third-order valence-corrected chi connectivity index (χ3v) is 2.62. The monoisotopic (exact) mass is 275 g/mol. The predicted octanol–water partition coefficient (Wildman–Crippen LogP) is 1.41. The molecule has 20 heavy (non-hydrogen) atoms. The van der Waals surface area contributed by atoms with Crippen molar-refractivity contribution in [3.63, 3.8) is 0 Å². The van der Waals surface area contributed by atoms with E-state index in [1.807, 2.05) is 38.1 Å². The van der Waals surface area contributed by atoms with Crippen molar-refractivity contribution in [2.75, 3.05) is 20.3 Å². The summed E-state index contributed by atoms with van der Waals surface area (Å²) in [5.41, 5.74) is 1.82. The molecule has 108 valence electrons. The number of aliphatic hydroxyl groups is 1. The van der Waals surface area contributed by atoms with Crippen molar-refractivity contribution >= 4 is 5.91 Å². The van der Waals surface area contributed by atoms with Gasteiger partial charge in [-0.05, 0) is 31.5 Å². The normalized spacial score (nSPS) is 10.1. The molecule has 0 spiro atoms. The molecule has 4 heteroatoms. The summed E-state index contributed by atoms with van der Waals surface area (Å²) in [6.07, 6.45) is 0.0458. The van der Waals surface area contributed by atoms with E-state index in [9.17, 15) is 4.79 Å². The van der Waals surface area contributed by atoms with Gasteiger partial charge in [0.05, 0.1) is 6.10 Å². The lowest BCUT2D eigenvalue weighted by Gasteiger charge is -2.18. The number of nitrogens with zero attached hydrogens (tertiary/aromatic N) is 1. The van der Waals surface area contributed by atoms with Gasteiger partial charge in [-0.15, -0.1) is 0 Å². The number of likely N-dealkylation sites (N-methyl/N-ethyl adjacent to an activating group) is 1. The lowest BCUT2D eigenvalue weighted by atomic mass is 10.1. The molecule has 0 heterocycles. The molecule has 4 nitrogen and oxygen atoms in total. The number of amides is 1. The lowest BCUT2D eigenvalue weighted by molar-refractivity contribution is -0.136. The number of carbonyl (C=O) groups excluding carboxylic acids is 1. The van der Waals surface area contributed by atoms with Gasteiger partial charge in [-0.2, -0.15) is 0 Å². The van der Waals surface area contributed by atoms with Gasteiger partial charge in [0.2, 0.25) is 5.91 Å². The van der Waals surface area contributed by atoms with E-state index in [2.05, 4.69) is 11.8 Å². The fourth-order valence-corrected chi connectivity index (χ4v) is 1.60. The molecular formula is C16H21NO3. The van der Waals surface area contributed by atoms with E-state index in [1.165, 1.54) is 0 Å². The highest BCUT2D eigenvalue weighted by Crippen LogP contribution is 2.07. The summed E-state index contributed by atoms with van der Waals surface area (Å²) in [5.74, 6) is 5.40. The Bertz CT molecular complexity index is 500. The Balaban J connectivity index is 2.61. The summed E-state index contributed by atoms with van der Waals surface area (Å²) in [4.78, 5) is 13.5. The van der Waals surface area contributed by atoms with Gasteiger partial charge in [-0.3, -0.25) is 4.79 Å². The van der Waals surface area contributed by atoms with Gasteiger partial charge in [0, 0.05) is 19.2 Å². The first-order chi connectivity index (χ1) is 9.52. The molecule has 1 amide bonds. The van der Waals surface area contributed by atoms with Crippen LogP contribution in [-0.2, 0) is 16.1 Å². The van der Waals surface area contributed by atoms with E-state index >= 15 is 0 Å². The lowest BCUT2D eigenvalue weighted by Crippen LogP contribution is -2.30. The second kappa shape index (κ2) is 8.36. The van der Waals surface area contributed by atoms with Crippen LogP contribution in [0.15, 0.2) is 24.3 Å². The van der Waals surface area contributed by atoms with E-state index < -0.39 is 0 Å². The fraction of sp³-hybridized carbons (Fsp3) is 0.438. The fourth-order valence-electron chi connectivity index (χ4n) is 1.60. The van der Waals surface area contributed by atoms with Gasteiger partial charge < -0.3 is 14.7 Å². The van der Waals surface area contributed by atoms with Crippen LogP contribution in [0.2, 0.25) is 0 Å². The maximum atomic E-state index is 11.8. The second-order valence-electron chi connectivity index (χ2n) is 4.77. The highest BCUT2D eigenvalue weighted by molar-refractivity contribution is 5.77. The highest BCUT2D eigenvalue weighted by atomic mass is 16.5. The molecule has 0 aromatic heterocycles. The van der Waals surface area contributed by atoms with Crippen LogP contribution < -0.4 is 0 Å². The van der Waals surface area contributed by atoms with Crippen LogP contribution in [0.5, 0.6) is 0 Å². The van der Waals surface area contributed by atoms with E-state index in [0.29, 0.717) is 6.54 Å². The minimum atomic E-state index is -0.158. The molecule has 0 saturated carbocycles. The van der Waals surface area contributed by atoms with Crippen molar-refractivity contribution in [1.29, 1.82) is 0 Å². The molecule has 0 atom stereocenters. The smallest absolute Gasteiger partial charge is 0.248 e. The highest BCUT2D eigenvalue weighted by Gasteiger charge is 2.10. The zero-order chi connectivity index (χ0) is 15.0. The maximum absolute atomic E-state index is 11.8. The van der Waals surface area contributed by atoms with Crippen molar-refractivity contribution < 1.29 is 14.6 Å². The van der Waals surface area contributed by atoms with Crippen LogP contribution >= 0.6 is 0 Å². The Labute approximate surface area is 120 Å². The standard InChI is InChI=1S/C16H21NO3/c1-13(2)20-12-16(19)17(3)11-15-7-4-6-14(10-15)8-5-9-18/h4,6-7,10,13,18H,9,11-12H2,1-3H3. The maximum Gasteiger partial charge on any atom is 0.248 e. The van der Waals surface area contributed by atoms with Crippen molar-refractivity contribution in [1.82, 2.24) is 4.90 Å². The summed E-state index contributed by atoms with van der Waals surface area (Å²) in [5, 5.41) is 8.68. The zero-order valence-electron chi connectivity index (χ0n) is 12.2. The number of hydrogen-bond donors (Lipinski definition) is 1. The average Bonchev–Trinajstić information content (AvgIpc) is 2.42. The van der Waals surface area contributed by atoms with Crippen molar-refractivity contribution in [3.8, 4) is 11.8 Å². The number of rotatable bonds is 5. The molecule has 1 N–H and O–H groups in total. The molecule has 0 saturated heterocycles. The Morgan fingerprint density at radius 1 is 1.45 bits per heavy atom. The second-order valence-corrected chi connectivity index (χ2v) is 4.77. The summed E-state index contributed by atoms with van der Waals surface area (Å²) in [6.45, 7) is 4.25. The molecule has 1 aromatic rings. The SMILES string of the molecule is CC(C)OCC(=O)N(C)Cc1cccc(C#CCO)c1. The van der Waals surface area contributed by atoms with E-state index in [-0.39, 0.29) is 25.2 Å². The van der Waals surface area contributed by atoms with Gasteiger partial charge in [-0.1, -0.05) is 24.0 Å². The first-order valence-corrected chi connectivity index (χ1v) is 6.57. The molecular weight excluding hydrogens is 254 g/mol. The van der Waals surface area contributed by atoms with Crippen molar-refractivity contribution in [2.45, 2.75) is 26.5 Å². The summed E-state index contributed by atoms with van der Waals surface area (Å²) in [7, 11) is 1.75. The van der Waals surface area contributed by atoms with Crippen LogP contribution in [0.4, 0.5) is 0 Å². The van der Waals surface area contributed by atoms with Crippen molar-refractivity contribution in [2.24, 2.45) is 0 Å². The van der Waals surface area contributed by atoms with Crippen LogP contribution in [-0.4, -0.2) is 42.3 Å². The summed E-state index contributed by atoms with van der Waals surface area (Å²) >= 11 is 0. The number of benzene rings is 1. The number of hydrogen-bond acceptors (Lipinski definition) is 3. The van der Waals surface area contributed by atoms with Gasteiger partial charge in [0.15, 0.2) is 0 Å². The Kier molecular flexibility index (Phi) is 6.78. The first-order valence-electron chi connectivity index (χ1n) is 6.57. The summed E-state index contributed by atoms with van der Waals surface area (Å²) in [6, 6.07) is 7.61. The minimum Gasteiger partial charge on any atom is -0.384 e. The van der Waals surface area contributed by atoms with Crippen LogP contribution in [0.3, 0.4) is 0 Å². The number of carbonyl (C=O) groups is 1. The Hall–Kier alpha value is -1.83. The van der Waals surface area contributed by atoms with Crippen LogP contribution in [0.1, 0.15) is 25.0 Å². The quantitative estimate of drug-likeness (QED) is 0.827. The van der Waals surface area contributed by atoms with Crippen molar-refractivity contribution in [3.05, 3.63) is 35.4 Å². The predicted molar refractivity (Wildman–Crippen MR) is 78.0 cm³/mol. The largest absolute Gasteiger partial charge is 0.384 e. The molecule has 0 radical (unpaired) electrons. The Morgan fingerprint density at radius 3 is 2.85 bits per heavy atom. The molecule has 0 aliphatic heterocycles. The van der Waals surface area contributed by atoms with E-state index in [0.717, 1.165) is 11.1 Å². The number of aliphatic hydroxyl groups excluding tert-OH is 1. The van der Waals surface area contributed by atoms with Gasteiger partial charge in [-0.25, -0.2) is 0 Å². The molecule has 0 bridgehead atoms. The molecule has 0 unspecified atom stereocenters. The zero-order valence-corrected chi connectivity index (χ0v) is 12.2. The Morgan fingerprint density at radius 2 is 2.20 bits per heavy atom. The first kappa shape index (κ1) is 16.2. The van der Waals surface area contributed by atoms with Crippen LogP contribution in [0, 0.1) is 11.8 Å². The van der Waals surface area contributed by atoms with Gasteiger partial charge in [0.1, 0.15) is 13.2 Å². The molecule has 1 aromatic carbocycles. The molecule has 0 fully saturated rings. The van der Waals surface area contributed by atoms with Gasteiger partial charge in [0.25, 0.3) is 0 Å². The average molecular weight is 275 g/mol. The third-order valence-electron chi connectivity index (χ3n) is 2.62. The van der Waals surface area contributed by atoms with E-state index in [1.54, 1.807) is 11.9 Å². The molecule has 1 rings (SSSR count). The number of ether oxygens (including phenoxy) is 1. The van der Waals surface area contributed by atoms with E-state index in [4.69, 9.17) is 9.84 Å². The topological polar surface area (TPSA) is 49.8 Å². The van der Waals surface area contributed by atoms with Gasteiger partial charge >= 0.3 is 0 Å². The molecule has 0 aliphatic rings. The van der Waals surface area contributed by atoms with Crippen LogP contribution in [0.25, 0.3) is 0 Å². The molecule has 0 aliphatic carbocycles. The summed E-state index contributed by atoms with van der Waals surface area (Å²) < 4.78 is 5.30.